The summed E-state index contributed by atoms with van der Waals surface area (Å²) in [6.07, 6.45) is 0. The van der Waals surface area contributed by atoms with Gasteiger partial charge >= 0.3 is 0 Å². The molecule has 1 N–H and O–H groups in total. The third-order valence-corrected chi connectivity index (χ3v) is 5.13. The molecule has 0 bridgehead atoms. The Labute approximate surface area is 195 Å². The lowest BCUT2D eigenvalue weighted by Gasteiger charge is -2.10. The number of nitrogens with one attached hydrogen (secondary N) is 1. The van der Waals surface area contributed by atoms with Crippen LogP contribution in [0.1, 0.15) is 0 Å². The van der Waals surface area contributed by atoms with Gasteiger partial charge in [0.05, 0.1) is 25.0 Å². The van der Waals surface area contributed by atoms with E-state index in [4.69, 9.17) is 4.74 Å². The standard InChI is InChI=1S/C25H23N5O4/c1-34-20-9-7-19(8-10-20)22-11-13-24(32)29(27-22)16-15-26-23(31)17-30-25(33)14-12-21(28-30)18-5-3-2-4-6-18/h2-14H,15-17H2,1H3,(H,26,31). The van der Waals surface area contributed by atoms with Crippen molar-refractivity contribution in [2.75, 3.05) is 13.7 Å². The molecular weight excluding hydrogens is 434 g/mol. The molecule has 2 heterocycles. The molecule has 9 heteroatoms. The SMILES string of the molecule is COc1ccc(-c2ccc(=O)n(CCNC(=O)Cn3nc(-c4ccccc4)ccc3=O)n2)cc1. The average Bonchev–Trinajstić information content (AvgIpc) is 2.87. The smallest absolute Gasteiger partial charge is 0.267 e. The number of amides is 1. The van der Waals surface area contributed by atoms with Crippen molar-refractivity contribution in [2.45, 2.75) is 13.1 Å². The van der Waals surface area contributed by atoms with Crippen molar-refractivity contribution in [1.29, 1.82) is 0 Å². The summed E-state index contributed by atoms with van der Waals surface area (Å²) >= 11 is 0. The van der Waals surface area contributed by atoms with Gasteiger partial charge in [-0.3, -0.25) is 14.4 Å². The predicted octanol–water partition coefficient (Wildman–Crippen LogP) is 1.96. The Bertz CT molecular complexity index is 1400. The van der Waals surface area contributed by atoms with Crippen LogP contribution < -0.4 is 21.2 Å². The Morgan fingerprint density at radius 2 is 1.38 bits per heavy atom. The first kappa shape index (κ1) is 22.7. The van der Waals surface area contributed by atoms with Crippen LogP contribution in [0, 0.1) is 0 Å². The fourth-order valence-corrected chi connectivity index (χ4v) is 3.34. The van der Waals surface area contributed by atoms with Gasteiger partial charge in [0.1, 0.15) is 12.3 Å². The summed E-state index contributed by atoms with van der Waals surface area (Å²) in [5, 5.41) is 11.4. The summed E-state index contributed by atoms with van der Waals surface area (Å²) in [4.78, 5) is 36.8. The Morgan fingerprint density at radius 3 is 2.03 bits per heavy atom. The molecule has 0 unspecified atom stereocenters. The molecule has 0 aliphatic heterocycles. The average molecular weight is 457 g/mol. The quantitative estimate of drug-likeness (QED) is 0.433. The van der Waals surface area contributed by atoms with E-state index >= 15 is 0 Å². The molecule has 172 valence electrons. The van der Waals surface area contributed by atoms with E-state index in [1.807, 2.05) is 54.6 Å². The zero-order valence-corrected chi connectivity index (χ0v) is 18.5. The van der Waals surface area contributed by atoms with E-state index in [-0.39, 0.29) is 36.7 Å². The molecule has 0 fully saturated rings. The number of methoxy groups -OCH3 is 1. The van der Waals surface area contributed by atoms with E-state index in [9.17, 15) is 14.4 Å². The van der Waals surface area contributed by atoms with Crippen molar-refractivity contribution in [1.82, 2.24) is 24.9 Å². The molecule has 0 saturated heterocycles. The van der Waals surface area contributed by atoms with Gasteiger partial charge in [-0.25, -0.2) is 9.36 Å². The van der Waals surface area contributed by atoms with Crippen LogP contribution in [0.25, 0.3) is 22.5 Å². The maximum atomic E-state index is 12.4. The minimum Gasteiger partial charge on any atom is -0.497 e. The highest BCUT2D eigenvalue weighted by Gasteiger charge is 2.09. The van der Waals surface area contributed by atoms with Crippen LogP contribution in [0.15, 0.2) is 88.5 Å². The number of aromatic nitrogens is 4. The minimum absolute atomic E-state index is 0.172. The molecule has 0 aliphatic rings. The fourth-order valence-electron chi connectivity index (χ4n) is 3.34. The molecule has 1 amide bonds. The van der Waals surface area contributed by atoms with Gasteiger partial charge in [0.25, 0.3) is 11.1 Å². The molecule has 4 rings (SSSR count). The second-order valence-corrected chi connectivity index (χ2v) is 7.44. The fraction of sp³-hybridized carbons (Fsp3) is 0.160. The van der Waals surface area contributed by atoms with Crippen LogP contribution in [0.3, 0.4) is 0 Å². The van der Waals surface area contributed by atoms with Crippen LogP contribution >= 0.6 is 0 Å². The van der Waals surface area contributed by atoms with Crippen molar-refractivity contribution in [2.24, 2.45) is 0 Å². The first-order valence-electron chi connectivity index (χ1n) is 10.7. The number of benzene rings is 2. The molecule has 2 aromatic heterocycles. The largest absolute Gasteiger partial charge is 0.497 e. The molecule has 0 saturated carbocycles. The van der Waals surface area contributed by atoms with Crippen molar-refractivity contribution >= 4 is 5.91 Å². The van der Waals surface area contributed by atoms with Crippen LogP contribution in [0.2, 0.25) is 0 Å². The molecule has 4 aromatic rings. The van der Waals surface area contributed by atoms with E-state index in [1.54, 1.807) is 19.2 Å². The van der Waals surface area contributed by atoms with Gasteiger partial charge in [-0.15, -0.1) is 0 Å². The second-order valence-electron chi connectivity index (χ2n) is 7.44. The van der Waals surface area contributed by atoms with Crippen LogP contribution in [0.5, 0.6) is 5.75 Å². The second kappa shape index (κ2) is 10.4. The lowest BCUT2D eigenvalue weighted by atomic mass is 10.1. The van der Waals surface area contributed by atoms with Gasteiger partial charge in [0.2, 0.25) is 5.91 Å². The normalized spacial score (nSPS) is 10.6. The van der Waals surface area contributed by atoms with E-state index in [2.05, 4.69) is 15.5 Å². The minimum atomic E-state index is -0.390. The highest BCUT2D eigenvalue weighted by molar-refractivity contribution is 5.75. The Morgan fingerprint density at radius 1 is 0.794 bits per heavy atom. The van der Waals surface area contributed by atoms with E-state index in [0.717, 1.165) is 21.6 Å². The number of carbonyl (C=O) groups is 1. The number of hydrogen-bond acceptors (Lipinski definition) is 6. The maximum Gasteiger partial charge on any atom is 0.267 e. The summed E-state index contributed by atoms with van der Waals surface area (Å²) < 4.78 is 7.57. The van der Waals surface area contributed by atoms with Crippen molar-refractivity contribution < 1.29 is 9.53 Å². The zero-order valence-electron chi connectivity index (χ0n) is 18.5. The summed E-state index contributed by atoms with van der Waals surface area (Å²) in [6, 6.07) is 22.8. The van der Waals surface area contributed by atoms with Crippen molar-refractivity contribution in [3.8, 4) is 28.3 Å². The van der Waals surface area contributed by atoms with Gasteiger partial charge in [-0.05, 0) is 36.4 Å². The number of nitrogens with zero attached hydrogens (tertiary/aromatic N) is 4. The molecular formula is C25H23N5O4. The number of ether oxygens (including phenoxy) is 1. The Balaban J connectivity index is 1.39. The molecule has 9 nitrogen and oxygen atoms in total. The van der Waals surface area contributed by atoms with Gasteiger partial charge < -0.3 is 10.1 Å². The predicted molar refractivity (Wildman–Crippen MR) is 127 cm³/mol. The number of rotatable bonds is 8. The first-order valence-corrected chi connectivity index (χ1v) is 10.7. The van der Waals surface area contributed by atoms with Gasteiger partial charge in [-0.2, -0.15) is 10.2 Å². The van der Waals surface area contributed by atoms with E-state index in [0.29, 0.717) is 11.4 Å². The zero-order chi connectivity index (χ0) is 23.9. The topological polar surface area (TPSA) is 108 Å². The van der Waals surface area contributed by atoms with Crippen LogP contribution in [-0.4, -0.2) is 39.1 Å². The summed E-state index contributed by atoms with van der Waals surface area (Å²) in [6.45, 7) is 0.125. The van der Waals surface area contributed by atoms with Crippen molar-refractivity contribution in [3.63, 3.8) is 0 Å². The van der Waals surface area contributed by atoms with Crippen LogP contribution in [-0.2, 0) is 17.9 Å². The Hall–Kier alpha value is -4.53. The highest BCUT2D eigenvalue weighted by Crippen LogP contribution is 2.19. The third kappa shape index (κ3) is 5.44. The van der Waals surface area contributed by atoms with E-state index in [1.165, 1.54) is 16.8 Å². The molecule has 0 aliphatic carbocycles. The summed E-state index contributed by atoms with van der Waals surface area (Å²) in [5.74, 6) is 0.335. The van der Waals surface area contributed by atoms with Gasteiger partial charge in [-0.1, -0.05) is 30.3 Å². The maximum absolute atomic E-state index is 12.4. The summed E-state index contributed by atoms with van der Waals surface area (Å²) in [7, 11) is 1.59. The van der Waals surface area contributed by atoms with Crippen LogP contribution in [0.4, 0.5) is 0 Å². The van der Waals surface area contributed by atoms with E-state index < -0.39 is 0 Å². The molecule has 0 radical (unpaired) electrons. The molecule has 2 aromatic carbocycles. The summed E-state index contributed by atoms with van der Waals surface area (Å²) in [5.41, 5.74) is 2.25. The first-order chi connectivity index (χ1) is 16.5. The lowest BCUT2D eigenvalue weighted by Crippen LogP contribution is -2.36. The number of carbonyl (C=O) groups excluding carboxylic acids is 1. The third-order valence-electron chi connectivity index (χ3n) is 5.13. The van der Waals surface area contributed by atoms with Gasteiger partial charge in [0, 0.05) is 29.8 Å². The van der Waals surface area contributed by atoms with Gasteiger partial charge in [0.15, 0.2) is 0 Å². The molecule has 0 atom stereocenters. The molecule has 0 spiro atoms. The monoisotopic (exact) mass is 457 g/mol. The Kier molecular flexibility index (Phi) is 6.92. The molecule has 34 heavy (non-hydrogen) atoms. The van der Waals surface area contributed by atoms with Crippen molar-refractivity contribution in [3.05, 3.63) is 99.6 Å². The highest BCUT2D eigenvalue weighted by atomic mass is 16.5. The lowest BCUT2D eigenvalue weighted by molar-refractivity contribution is -0.121. The number of hydrogen-bond donors (Lipinski definition) is 1.